The van der Waals surface area contributed by atoms with Gasteiger partial charge in [0.05, 0.1) is 12.2 Å². The molecule has 90 valence electrons. The van der Waals surface area contributed by atoms with E-state index in [4.69, 9.17) is 27.9 Å². The molecule has 0 saturated heterocycles. The Morgan fingerprint density at radius 1 is 1.31 bits per heavy atom. The van der Waals surface area contributed by atoms with Gasteiger partial charge in [-0.2, -0.15) is 0 Å². The Balaban J connectivity index is 2.65. The average molecular weight is 263 g/mol. The molecule has 0 fully saturated rings. The molecule has 0 saturated carbocycles. The Kier molecular flexibility index (Phi) is 5.56. The minimum atomic E-state index is -0.594. The predicted molar refractivity (Wildman–Crippen MR) is 67.1 cm³/mol. The minimum absolute atomic E-state index is 0.132. The molecule has 0 amide bonds. The zero-order valence-electron chi connectivity index (χ0n) is 9.41. The Morgan fingerprint density at radius 2 is 2.00 bits per heavy atom. The van der Waals surface area contributed by atoms with Crippen molar-refractivity contribution in [3.8, 4) is 0 Å². The summed E-state index contributed by atoms with van der Waals surface area (Å²) < 4.78 is 5.12. The zero-order valence-corrected chi connectivity index (χ0v) is 10.9. The van der Waals surface area contributed by atoms with E-state index in [1.54, 1.807) is 25.3 Å². The summed E-state index contributed by atoms with van der Waals surface area (Å²) in [6, 6.07) is 5.10. The normalized spacial score (nSPS) is 14.8. The van der Waals surface area contributed by atoms with E-state index in [0.717, 1.165) is 6.42 Å². The molecular formula is C12H16Cl2O2. The highest BCUT2D eigenvalue weighted by Gasteiger charge is 2.13. The number of methoxy groups -OCH3 is 1. The van der Waals surface area contributed by atoms with Gasteiger partial charge in [-0.25, -0.2) is 0 Å². The van der Waals surface area contributed by atoms with Crippen LogP contribution in [0, 0.1) is 0 Å². The van der Waals surface area contributed by atoms with Gasteiger partial charge in [-0.3, -0.25) is 0 Å². The van der Waals surface area contributed by atoms with Crippen molar-refractivity contribution in [2.75, 3.05) is 7.11 Å². The van der Waals surface area contributed by atoms with Crippen LogP contribution in [0.25, 0.3) is 0 Å². The summed E-state index contributed by atoms with van der Waals surface area (Å²) in [4.78, 5) is 0. The maximum atomic E-state index is 9.97. The molecule has 4 heteroatoms. The average Bonchev–Trinajstić information content (AvgIpc) is 2.28. The van der Waals surface area contributed by atoms with Crippen molar-refractivity contribution < 1.29 is 9.84 Å². The lowest BCUT2D eigenvalue weighted by molar-refractivity contribution is 0.0851. The van der Waals surface area contributed by atoms with Crippen molar-refractivity contribution in [3.05, 3.63) is 33.8 Å². The summed E-state index contributed by atoms with van der Waals surface area (Å²) in [6.45, 7) is 1.96. The molecule has 2 nitrogen and oxygen atoms in total. The van der Waals surface area contributed by atoms with Crippen LogP contribution in [0.15, 0.2) is 18.2 Å². The van der Waals surface area contributed by atoms with Crippen LogP contribution in [0.4, 0.5) is 0 Å². The first-order valence-electron chi connectivity index (χ1n) is 5.20. The standard InChI is InChI=1S/C12H16Cl2O2/c1-8(16-2)3-6-12(15)10-7-9(13)4-5-11(10)14/h4-5,7-8,12,15H,3,6H2,1-2H3. The number of aliphatic hydroxyl groups excluding tert-OH is 1. The first-order chi connectivity index (χ1) is 7.54. The van der Waals surface area contributed by atoms with Crippen LogP contribution in [0.2, 0.25) is 10.0 Å². The Labute approximate surface area is 106 Å². The van der Waals surface area contributed by atoms with Gasteiger partial charge in [-0.05, 0) is 38.0 Å². The number of aliphatic hydroxyl groups is 1. The second-order valence-electron chi connectivity index (χ2n) is 3.81. The Hall–Kier alpha value is -0.280. The van der Waals surface area contributed by atoms with Crippen LogP contribution < -0.4 is 0 Å². The monoisotopic (exact) mass is 262 g/mol. The summed E-state index contributed by atoms with van der Waals surface area (Å²) in [5, 5.41) is 11.1. The van der Waals surface area contributed by atoms with Crippen molar-refractivity contribution >= 4 is 23.2 Å². The second kappa shape index (κ2) is 6.45. The van der Waals surface area contributed by atoms with Crippen LogP contribution in [0.5, 0.6) is 0 Å². The molecule has 0 radical (unpaired) electrons. The molecule has 2 atom stereocenters. The van der Waals surface area contributed by atoms with Crippen LogP contribution in [0.1, 0.15) is 31.4 Å². The maximum Gasteiger partial charge on any atom is 0.0805 e. The van der Waals surface area contributed by atoms with Crippen LogP contribution in [0.3, 0.4) is 0 Å². The van der Waals surface area contributed by atoms with Gasteiger partial charge in [0.25, 0.3) is 0 Å². The van der Waals surface area contributed by atoms with Crippen molar-refractivity contribution in [3.63, 3.8) is 0 Å². The van der Waals surface area contributed by atoms with Crippen molar-refractivity contribution in [1.82, 2.24) is 0 Å². The van der Waals surface area contributed by atoms with Gasteiger partial charge >= 0.3 is 0 Å². The molecule has 1 rings (SSSR count). The number of benzene rings is 1. The Bertz CT molecular complexity index is 342. The highest BCUT2D eigenvalue weighted by Crippen LogP contribution is 2.29. The molecule has 1 aromatic rings. The van der Waals surface area contributed by atoms with E-state index in [1.165, 1.54) is 0 Å². The third-order valence-corrected chi connectivity index (χ3v) is 3.15. The SMILES string of the molecule is COC(C)CCC(O)c1cc(Cl)ccc1Cl. The minimum Gasteiger partial charge on any atom is -0.388 e. The molecule has 16 heavy (non-hydrogen) atoms. The van der Waals surface area contributed by atoms with Gasteiger partial charge in [0, 0.05) is 22.7 Å². The fourth-order valence-electron chi connectivity index (χ4n) is 1.44. The van der Waals surface area contributed by atoms with E-state index in [0.29, 0.717) is 22.0 Å². The highest BCUT2D eigenvalue weighted by molar-refractivity contribution is 6.33. The van der Waals surface area contributed by atoms with E-state index in [2.05, 4.69) is 0 Å². The summed E-state index contributed by atoms with van der Waals surface area (Å²) >= 11 is 11.8. The fraction of sp³-hybridized carbons (Fsp3) is 0.500. The molecule has 0 aliphatic carbocycles. The summed E-state index contributed by atoms with van der Waals surface area (Å²) in [5.74, 6) is 0. The molecule has 0 aliphatic rings. The Morgan fingerprint density at radius 3 is 2.62 bits per heavy atom. The zero-order chi connectivity index (χ0) is 12.1. The first kappa shape index (κ1) is 13.8. The van der Waals surface area contributed by atoms with Crippen LogP contribution in [-0.4, -0.2) is 18.3 Å². The smallest absolute Gasteiger partial charge is 0.0805 e. The van der Waals surface area contributed by atoms with E-state index in [1.807, 2.05) is 6.92 Å². The third-order valence-electron chi connectivity index (χ3n) is 2.57. The predicted octanol–water partition coefficient (Wildman–Crippen LogP) is 3.84. The second-order valence-corrected chi connectivity index (χ2v) is 4.65. The highest BCUT2D eigenvalue weighted by atomic mass is 35.5. The molecule has 2 unspecified atom stereocenters. The lowest BCUT2D eigenvalue weighted by Gasteiger charge is -2.15. The molecule has 0 aliphatic heterocycles. The summed E-state index contributed by atoms with van der Waals surface area (Å²) in [7, 11) is 1.66. The van der Waals surface area contributed by atoms with E-state index >= 15 is 0 Å². The molecular weight excluding hydrogens is 247 g/mol. The van der Waals surface area contributed by atoms with E-state index in [9.17, 15) is 5.11 Å². The molecule has 0 spiro atoms. The molecule has 0 heterocycles. The molecule has 1 aromatic carbocycles. The van der Waals surface area contributed by atoms with Crippen molar-refractivity contribution in [2.45, 2.75) is 32.0 Å². The van der Waals surface area contributed by atoms with Crippen LogP contribution in [-0.2, 0) is 4.74 Å². The van der Waals surface area contributed by atoms with Gasteiger partial charge < -0.3 is 9.84 Å². The fourth-order valence-corrected chi connectivity index (χ4v) is 1.86. The third kappa shape index (κ3) is 3.95. The largest absolute Gasteiger partial charge is 0.388 e. The molecule has 1 N–H and O–H groups in total. The number of rotatable bonds is 5. The quantitative estimate of drug-likeness (QED) is 0.874. The lowest BCUT2D eigenvalue weighted by atomic mass is 10.0. The van der Waals surface area contributed by atoms with Crippen LogP contribution >= 0.6 is 23.2 Å². The van der Waals surface area contributed by atoms with E-state index < -0.39 is 6.10 Å². The summed E-state index contributed by atoms with van der Waals surface area (Å²) in [5.41, 5.74) is 0.678. The van der Waals surface area contributed by atoms with Gasteiger partial charge in [0.2, 0.25) is 0 Å². The van der Waals surface area contributed by atoms with Crippen molar-refractivity contribution in [1.29, 1.82) is 0 Å². The van der Waals surface area contributed by atoms with E-state index in [-0.39, 0.29) is 6.10 Å². The van der Waals surface area contributed by atoms with Gasteiger partial charge in [0.15, 0.2) is 0 Å². The van der Waals surface area contributed by atoms with Gasteiger partial charge in [-0.15, -0.1) is 0 Å². The summed E-state index contributed by atoms with van der Waals surface area (Å²) in [6.07, 6.45) is 0.923. The number of hydrogen-bond acceptors (Lipinski definition) is 2. The topological polar surface area (TPSA) is 29.5 Å². The number of ether oxygens (including phenoxy) is 1. The van der Waals surface area contributed by atoms with Gasteiger partial charge in [0.1, 0.15) is 0 Å². The number of hydrogen-bond donors (Lipinski definition) is 1. The number of halogens is 2. The van der Waals surface area contributed by atoms with Gasteiger partial charge in [-0.1, -0.05) is 23.2 Å². The maximum absolute atomic E-state index is 9.97. The molecule has 0 bridgehead atoms. The first-order valence-corrected chi connectivity index (χ1v) is 5.96. The van der Waals surface area contributed by atoms with Crippen molar-refractivity contribution in [2.24, 2.45) is 0 Å². The lowest BCUT2D eigenvalue weighted by Crippen LogP contribution is -2.08. The molecule has 0 aromatic heterocycles.